The van der Waals surface area contributed by atoms with Gasteiger partial charge in [0.2, 0.25) is 0 Å². The number of carbonyl (C=O) groups excluding carboxylic acids is 1. The number of hydrogen-bond acceptors (Lipinski definition) is 4. The Labute approximate surface area is 222 Å². The van der Waals surface area contributed by atoms with Crippen molar-refractivity contribution in [2.45, 2.75) is 13.5 Å². The number of aryl methyl sites for hydroxylation is 1. The number of methoxy groups -OCH3 is 1. The summed E-state index contributed by atoms with van der Waals surface area (Å²) in [6.45, 7) is 2.40. The van der Waals surface area contributed by atoms with Crippen molar-refractivity contribution in [2.75, 3.05) is 12.4 Å². The number of benzene rings is 4. The number of halogens is 2. The fourth-order valence-electron chi connectivity index (χ4n) is 3.81. The number of para-hydroxylation sites is 1. The molecule has 0 spiro atoms. The molecule has 0 bridgehead atoms. The summed E-state index contributed by atoms with van der Waals surface area (Å²) >= 11 is 2.14. The second-order valence-electron chi connectivity index (χ2n) is 8.01. The molecule has 0 saturated heterocycles. The maximum Gasteiger partial charge on any atom is 0.266 e. The average molecular weight is 592 g/mol. The minimum absolute atomic E-state index is 0.00304. The van der Waals surface area contributed by atoms with Crippen LogP contribution >= 0.6 is 22.6 Å². The van der Waals surface area contributed by atoms with E-state index in [2.05, 4.69) is 59.1 Å². The number of ether oxygens (including phenoxy) is 2. The maximum atomic E-state index is 13.9. The van der Waals surface area contributed by atoms with Crippen LogP contribution in [-0.4, -0.2) is 13.0 Å². The smallest absolute Gasteiger partial charge is 0.266 e. The van der Waals surface area contributed by atoms with E-state index in [4.69, 9.17) is 9.47 Å². The highest BCUT2D eigenvalue weighted by Gasteiger charge is 2.16. The fraction of sp³-hybridized carbons (Fsp3) is 0.103. The molecule has 0 unspecified atom stereocenters. The Morgan fingerprint density at radius 3 is 2.61 bits per heavy atom. The summed E-state index contributed by atoms with van der Waals surface area (Å²) in [5, 5.41) is 14.2. The Hall–Kier alpha value is -3.90. The van der Waals surface area contributed by atoms with Gasteiger partial charge in [-0.3, -0.25) is 4.79 Å². The van der Waals surface area contributed by atoms with Crippen LogP contribution in [-0.2, 0) is 11.4 Å². The van der Waals surface area contributed by atoms with E-state index in [0.29, 0.717) is 23.7 Å². The maximum absolute atomic E-state index is 13.9. The second kappa shape index (κ2) is 11.2. The molecule has 0 radical (unpaired) electrons. The van der Waals surface area contributed by atoms with E-state index in [0.717, 1.165) is 25.5 Å². The van der Waals surface area contributed by atoms with E-state index in [-0.39, 0.29) is 11.3 Å². The largest absolute Gasteiger partial charge is 0.493 e. The normalized spacial score (nSPS) is 11.1. The Morgan fingerprint density at radius 2 is 1.86 bits per heavy atom. The summed E-state index contributed by atoms with van der Waals surface area (Å²) < 4.78 is 26.4. The van der Waals surface area contributed by atoms with E-state index in [1.807, 2.05) is 18.2 Å². The minimum Gasteiger partial charge on any atom is -0.493 e. The van der Waals surface area contributed by atoms with Gasteiger partial charge in [0, 0.05) is 5.56 Å². The summed E-state index contributed by atoms with van der Waals surface area (Å²) in [5.41, 5.74) is 2.62. The predicted molar refractivity (Wildman–Crippen MR) is 147 cm³/mol. The topological polar surface area (TPSA) is 71.3 Å². The lowest BCUT2D eigenvalue weighted by atomic mass is 10.0. The molecule has 1 N–H and O–H groups in total. The summed E-state index contributed by atoms with van der Waals surface area (Å²) in [6, 6.07) is 23.5. The van der Waals surface area contributed by atoms with Crippen LogP contribution in [0.5, 0.6) is 11.5 Å². The molecule has 0 heterocycles. The molecule has 0 aromatic heterocycles. The highest BCUT2D eigenvalue weighted by molar-refractivity contribution is 14.1. The third-order valence-corrected chi connectivity index (χ3v) is 6.49. The van der Waals surface area contributed by atoms with Crippen LogP contribution < -0.4 is 14.8 Å². The zero-order valence-electron chi connectivity index (χ0n) is 19.6. The Kier molecular flexibility index (Phi) is 7.86. The van der Waals surface area contributed by atoms with Gasteiger partial charge in [0.1, 0.15) is 24.1 Å². The summed E-state index contributed by atoms with van der Waals surface area (Å²) in [7, 11) is 1.53. The van der Waals surface area contributed by atoms with Gasteiger partial charge in [-0.2, -0.15) is 5.26 Å². The average Bonchev–Trinajstić information content (AvgIpc) is 2.88. The van der Waals surface area contributed by atoms with Crippen molar-refractivity contribution in [3.8, 4) is 17.6 Å². The van der Waals surface area contributed by atoms with Crippen molar-refractivity contribution in [3.63, 3.8) is 0 Å². The van der Waals surface area contributed by atoms with Gasteiger partial charge in [0.05, 0.1) is 16.4 Å². The van der Waals surface area contributed by atoms with Gasteiger partial charge in [-0.25, -0.2) is 4.39 Å². The Bertz CT molecular complexity index is 1530. The van der Waals surface area contributed by atoms with Crippen molar-refractivity contribution >= 4 is 51.0 Å². The SMILES string of the molecule is COc1cc(/C=C(\C#N)C(=O)Nc2ccccc2F)cc(I)c1OCc1c(C)ccc2ccccc12. The van der Waals surface area contributed by atoms with Gasteiger partial charge in [0.15, 0.2) is 11.5 Å². The number of amides is 1. The molecule has 7 heteroatoms. The standard InChI is InChI=1S/C29H22FIN2O3/c1-18-11-12-20-7-3-4-8-22(20)23(18)17-36-28-25(31)14-19(15-27(28)35-2)13-21(16-32)29(34)33-26-10-6-5-9-24(26)30/h3-15H,17H2,1-2H3,(H,33,34)/b21-13+. The lowest BCUT2D eigenvalue weighted by Gasteiger charge is -2.16. The molecule has 4 aromatic rings. The minimum atomic E-state index is -0.705. The van der Waals surface area contributed by atoms with Crippen molar-refractivity contribution in [2.24, 2.45) is 0 Å². The molecule has 0 atom stereocenters. The lowest BCUT2D eigenvalue weighted by molar-refractivity contribution is -0.112. The van der Waals surface area contributed by atoms with Crippen molar-refractivity contribution in [3.05, 3.63) is 104 Å². The summed E-state index contributed by atoms with van der Waals surface area (Å²) in [5.74, 6) is -0.250. The monoisotopic (exact) mass is 592 g/mol. The van der Waals surface area contributed by atoms with Crippen LogP contribution in [0.15, 0.2) is 78.4 Å². The highest BCUT2D eigenvalue weighted by atomic mass is 127. The van der Waals surface area contributed by atoms with Crippen molar-refractivity contribution < 1.29 is 18.7 Å². The quantitative estimate of drug-likeness (QED) is 0.142. The Balaban J connectivity index is 1.60. The molecule has 4 rings (SSSR count). The second-order valence-corrected chi connectivity index (χ2v) is 9.17. The van der Waals surface area contributed by atoms with E-state index in [1.54, 1.807) is 18.2 Å². The Morgan fingerprint density at radius 1 is 1.11 bits per heavy atom. The van der Waals surface area contributed by atoms with Crippen LogP contribution in [0.1, 0.15) is 16.7 Å². The van der Waals surface area contributed by atoms with Crippen LogP contribution in [0.3, 0.4) is 0 Å². The molecular formula is C29H22FIN2O3. The molecule has 0 fully saturated rings. The van der Waals surface area contributed by atoms with Crippen LogP contribution in [0, 0.1) is 27.6 Å². The van der Waals surface area contributed by atoms with Crippen molar-refractivity contribution in [1.29, 1.82) is 5.26 Å². The predicted octanol–water partition coefficient (Wildman–Crippen LogP) is 7.03. The first-order valence-electron chi connectivity index (χ1n) is 11.1. The summed E-state index contributed by atoms with van der Waals surface area (Å²) in [4.78, 5) is 12.6. The van der Waals surface area contributed by atoms with Gasteiger partial charge < -0.3 is 14.8 Å². The molecule has 0 saturated carbocycles. The van der Waals surface area contributed by atoms with E-state index >= 15 is 0 Å². The zero-order valence-corrected chi connectivity index (χ0v) is 21.8. The van der Waals surface area contributed by atoms with E-state index < -0.39 is 11.7 Å². The van der Waals surface area contributed by atoms with Gasteiger partial charge >= 0.3 is 0 Å². The molecule has 4 aromatic carbocycles. The fourth-order valence-corrected chi connectivity index (χ4v) is 4.59. The van der Waals surface area contributed by atoms with E-state index in [9.17, 15) is 14.4 Å². The van der Waals surface area contributed by atoms with Gasteiger partial charge in [-0.1, -0.05) is 48.5 Å². The number of rotatable bonds is 7. The van der Waals surface area contributed by atoms with Crippen LogP contribution in [0.25, 0.3) is 16.8 Å². The molecule has 5 nitrogen and oxygen atoms in total. The van der Waals surface area contributed by atoms with E-state index in [1.165, 1.54) is 31.4 Å². The number of nitrogens with one attached hydrogen (secondary N) is 1. The molecule has 1 amide bonds. The molecule has 0 aliphatic rings. The lowest BCUT2D eigenvalue weighted by Crippen LogP contribution is -2.14. The number of fused-ring (bicyclic) bond motifs is 1. The van der Waals surface area contributed by atoms with Crippen LogP contribution in [0.4, 0.5) is 10.1 Å². The first-order chi connectivity index (χ1) is 17.4. The van der Waals surface area contributed by atoms with Gasteiger partial charge in [0.25, 0.3) is 5.91 Å². The first-order valence-corrected chi connectivity index (χ1v) is 12.1. The summed E-state index contributed by atoms with van der Waals surface area (Å²) in [6.07, 6.45) is 1.43. The number of nitrogens with zero attached hydrogens (tertiary/aromatic N) is 1. The first kappa shape index (κ1) is 25.2. The van der Waals surface area contributed by atoms with Crippen molar-refractivity contribution in [1.82, 2.24) is 0 Å². The number of hydrogen-bond donors (Lipinski definition) is 1. The zero-order chi connectivity index (χ0) is 25.7. The number of anilines is 1. The highest BCUT2D eigenvalue weighted by Crippen LogP contribution is 2.36. The number of carbonyl (C=O) groups is 1. The van der Waals surface area contributed by atoms with Gasteiger partial charge in [-0.15, -0.1) is 0 Å². The van der Waals surface area contributed by atoms with Gasteiger partial charge in [-0.05, 0) is 81.8 Å². The third-order valence-electron chi connectivity index (χ3n) is 5.69. The molecular weight excluding hydrogens is 570 g/mol. The molecule has 180 valence electrons. The third kappa shape index (κ3) is 5.50. The number of nitriles is 1. The molecule has 0 aliphatic heterocycles. The van der Waals surface area contributed by atoms with Crippen LogP contribution in [0.2, 0.25) is 0 Å². The molecule has 0 aliphatic carbocycles. The molecule has 36 heavy (non-hydrogen) atoms.